The number of morpholine rings is 1. The van der Waals surface area contributed by atoms with Crippen molar-refractivity contribution in [1.29, 1.82) is 0 Å². The second-order valence-electron chi connectivity index (χ2n) is 7.77. The maximum Gasteiger partial charge on any atom is 0.416 e. The number of hydrogen-bond donors (Lipinski definition) is 1. The Bertz CT molecular complexity index is 873. The van der Waals surface area contributed by atoms with Gasteiger partial charge in [0.15, 0.2) is 0 Å². The van der Waals surface area contributed by atoms with E-state index in [1.807, 2.05) is 0 Å². The number of aromatic nitrogens is 2. The highest BCUT2D eigenvalue weighted by atomic mass is 19.4. The van der Waals surface area contributed by atoms with E-state index in [4.69, 9.17) is 4.74 Å². The normalized spacial score (nSPS) is 16.6. The molecule has 1 atom stereocenters. The first-order chi connectivity index (χ1) is 14.2. The lowest BCUT2D eigenvalue weighted by Crippen LogP contribution is -2.51. The molecule has 30 heavy (non-hydrogen) atoms. The molecule has 0 bridgehead atoms. The Kier molecular flexibility index (Phi) is 6.82. The zero-order valence-electron chi connectivity index (χ0n) is 17.4. The molecule has 0 spiro atoms. The number of rotatable bonds is 6. The number of carbonyl (C=O) groups excluding carboxylic acids is 1. The Balaban J connectivity index is 1.73. The summed E-state index contributed by atoms with van der Waals surface area (Å²) in [6, 6.07) is 5.07. The fourth-order valence-electron chi connectivity index (χ4n) is 3.69. The van der Waals surface area contributed by atoms with Gasteiger partial charge in [-0.15, -0.1) is 0 Å². The van der Waals surface area contributed by atoms with Crippen LogP contribution in [0.3, 0.4) is 0 Å². The summed E-state index contributed by atoms with van der Waals surface area (Å²) >= 11 is 0. The van der Waals surface area contributed by atoms with E-state index in [1.54, 1.807) is 6.92 Å². The van der Waals surface area contributed by atoms with E-state index < -0.39 is 11.7 Å². The molecule has 0 aliphatic carbocycles. The van der Waals surface area contributed by atoms with Crippen molar-refractivity contribution < 1.29 is 22.7 Å². The molecule has 1 saturated heterocycles. The van der Waals surface area contributed by atoms with Crippen LogP contribution in [0.4, 0.5) is 13.2 Å². The average molecular weight is 424 g/mol. The van der Waals surface area contributed by atoms with Crippen molar-refractivity contribution in [3.8, 4) is 5.69 Å². The molecule has 1 N–H and O–H groups in total. The summed E-state index contributed by atoms with van der Waals surface area (Å²) in [7, 11) is 0. The van der Waals surface area contributed by atoms with Crippen LogP contribution in [0.15, 0.2) is 30.5 Å². The van der Waals surface area contributed by atoms with Crippen LogP contribution in [-0.2, 0) is 10.9 Å². The van der Waals surface area contributed by atoms with Crippen molar-refractivity contribution in [3.05, 3.63) is 47.3 Å². The first-order valence-corrected chi connectivity index (χ1v) is 10.0. The lowest BCUT2D eigenvalue weighted by Gasteiger charge is -2.36. The molecule has 0 saturated carbocycles. The second-order valence-corrected chi connectivity index (χ2v) is 7.77. The Hall–Kier alpha value is -2.39. The van der Waals surface area contributed by atoms with Gasteiger partial charge in [0.2, 0.25) is 0 Å². The van der Waals surface area contributed by atoms with Crippen molar-refractivity contribution in [3.63, 3.8) is 0 Å². The molecule has 3 rings (SSSR count). The van der Waals surface area contributed by atoms with Gasteiger partial charge in [-0.1, -0.05) is 19.9 Å². The monoisotopic (exact) mass is 424 g/mol. The predicted octanol–water partition coefficient (Wildman–Crippen LogP) is 3.29. The SMILES string of the molecule is Cc1c(C(=O)NCC(C(C)C)N2CCOCC2)cnn1-c1cccc(C(F)(F)F)c1. The number of halogens is 3. The van der Waals surface area contributed by atoms with Crippen molar-refractivity contribution in [2.24, 2.45) is 5.92 Å². The molecular formula is C21H27F3N4O2. The third kappa shape index (κ3) is 5.02. The summed E-state index contributed by atoms with van der Waals surface area (Å²) < 4.78 is 45.8. The maximum absolute atomic E-state index is 13.0. The molecule has 1 aliphatic rings. The number of carbonyl (C=O) groups is 1. The van der Waals surface area contributed by atoms with E-state index in [0.29, 0.717) is 36.9 Å². The molecule has 1 aliphatic heterocycles. The van der Waals surface area contributed by atoms with E-state index in [1.165, 1.54) is 23.0 Å². The van der Waals surface area contributed by atoms with E-state index in [-0.39, 0.29) is 17.6 Å². The van der Waals surface area contributed by atoms with Gasteiger partial charge in [-0.2, -0.15) is 18.3 Å². The summed E-state index contributed by atoms with van der Waals surface area (Å²) in [6.07, 6.45) is -3.05. The summed E-state index contributed by atoms with van der Waals surface area (Å²) in [5.74, 6) is 0.0574. The first kappa shape index (κ1) is 22.3. The van der Waals surface area contributed by atoms with E-state index in [9.17, 15) is 18.0 Å². The van der Waals surface area contributed by atoms with Gasteiger partial charge in [0.05, 0.1) is 41.9 Å². The van der Waals surface area contributed by atoms with Crippen LogP contribution in [0.25, 0.3) is 5.69 Å². The van der Waals surface area contributed by atoms with E-state index in [0.717, 1.165) is 25.2 Å². The molecule has 0 radical (unpaired) electrons. The molecule has 164 valence electrons. The van der Waals surface area contributed by atoms with Gasteiger partial charge in [-0.25, -0.2) is 4.68 Å². The molecule has 2 heterocycles. The number of nitrogens with one attached hydrogen (secondary N) is 1. The van der Waals surface area contributed by atoms with Crippen molar-refractivity contribution in [2.75, 3.05) is 32.8 Å². The molecule has 1 amide bonds. The van der Waals surface area contributed by atoms with Crippen LogP contribution in [0, 0.1) is 12.8 Å². The van der Waals surface area contributed by atoms with Gasteiger partial charge in [0, 0.05) is 25.7 Å². The molecule has 1 aromatic carbocycles. The minimum atomic E-state index is -4.44. The zero-order valence-corrected chi connectivity index (χ0v) is 17.4. The minimum absolute atomic E-state index is 0.177. The van der Waals surface area contributed by atoms with Crippen LogP contribution in [0.1, 0.15) is 35.5 Å². The highest BCUT2D eigenvalue weighted by molar-refractivity contribution is 5.95. The van der Waals surface area contributed by atoms with Crippen LogP contribution < -0.4 is 5.32 Å². The van der Waals surface area contributed by atoms with Gasteiger partial charge < -0.3 is 10.1 Å². The maximum atomic E-state index is 13.0. The summed E-state index contributed by atoms with van der Waals surface area (Å²) in [5.41, 5.74) is 0.331. The molecule has 6 nitrogen and oxygen atoms in total. The highest BCUT2D eigenvalue weighted by Crippen LogP contribution is 2.30. The summed E-state index contributed by atoms with van der Waals surface area (Å²) in [4.78, 5) is 15.1. The Morgan fingerprint density at radius 1 is 1.27 bits per heavy atom. The minimum Gasteiger partial charge on any atom is -0.379 e. The van der Waals surface area contributed by atoms with Crippen LogP contribution >= 0.6 is 0 Å². The van der Waals surface area contributed by atoms with E-state index >= 15 is 0 Å². The Labute approximate surface area is 174 Å². The quantitative estimate of drug-likeness (QED) is 0.773. The smallest absolute Gasteiger partial charge is 0.379 e. The standard InChI is InChI=1S/C21H27F3N4O2/c1-14(2)19(27-7-9-30-10-8-27)13-25-20(29)18-12-26-28(15(18)3)17-6-4-5-16(11-17)21(22,23)24/h4-6,11-12,14,19H,7-10,13H2,1-3H3,(H,25,29). The fourth-order valence-corrected chi connectivity index (χ4v) is 3.69. The van der Waals surface area contributed by atoms with Gasteiger partial charge in [0.25, 0.3) is 5.91 Å². The Morgan fingerprint density at radius 2 is 1.97 bits per heavy atom. The summed E-state index contributed by atoms with van der Waals surface area (Å²) in [5, 5.41) is 7.11. The van der Waals surface area contributed by atoms with Crippen molar-refractivity contribution in [1.82, 2.24) is 20.0 Å². The molecule has 1 unspecified atom stereocenters. The molecule has 9 heteroatoms. The summed E-state index contributed by atoms with van der Waals surface area (Å²) in [6.45, 7) is 9.39. The van der Waals surface area contributed by atoms with Crippen LogP contribution in [0.5, 0.6) is 0 Å². The number of hydrogen-bond acceptors (Lipinski definition) is 4. The van der Waals surface area contributed by atoms with Gasteiger partial charge >= 0.3 is 6.18 Å². The largest absolute Gasteiger partial charge is 0.416 e. The van der Waals surface area contributed by atoms with Crippen molar-refractivity contribution in [2.45, 2.75) is 33.0 Å². The van der Waals surface area contributed by atoms with Gasteiger partial charge in [-0.3, -0.25) is 9.69 Å². The number of ether oxygens (including phenoxy) is 1. The Morgan fingerprint density at radius 3 is 2.60 bits per heavy atom. The average Bonchev–Trinajstić information content (AvgIpc) is 3.09. The highest BCUT2D eigenvalue weighted by Gasteiger charge is 2.31. The molecular weight excluding hydrogens is 397 g/mol. The lowest BCUT2D eigenvalue weighted by molar-refractivity contribution is -0.137. The van der Waals surface area contributed by atoms with Crippen molar-refractivity contribution >= 4 is 5.91 Å². The lowest BCUT2D eigenvalue weighted by atomic mass is 10.0. The molecule has 2 aromatic rings. The number of alkyl halides is 3. The van der Waals surface area contributed by atoms with Gasteiger partial charge in [0.1, 0.15) is 0 Å². The number of amides is 1. The first-order valence-electron chi connectivity index (χ1n) is 10.0. The van der Waals surface area contributed by atoms with E-state index in [2.05, 4.69) is 29.2 Å². The van der Waals surface area contributed by atoms with Crippen LogP contribution in [-0.4, -0.2) is 59.5 Å². The fraction of sp³-hybridized carbons (Fsp3) is 0.524. The predicted molar refractivity (Wildman–Crippen MR) is 107 cm³/mol. The molecule has 1 fully saturated rings. The number of benzene rings is 1. The topological polar surface area (TPSA) is 59.4 Å². The number of nitrogens with zero attached hydrogens (tertiary/aromatic N) is 3. The van der Waals surface area contributed by atoms with Crippen LogP contribution in [0.2, 0.25) is 0 Å². The van der Waals surface area contributed by atoms with Gasteiger partial charge in [-0.05, 0) is 31.0 Å². The third-order valence-electron chi connectivity index (χ3n) is 5.43. The third-order valence-corrected chi connectivity index (χ3v) is 5.43. The molecule has 1 aromatic heterocycles. The zero-order chi connectivity index (χ0) is 21.9. The second kappa shape index (κ2) is 9.18.